The van der Waals surface area contributed by atoms with Gasteiger partial charge in [-0.1, -0.05) is 20.8 Å². The number of ether oxygens (including phenoxy) is 2. The Balaban J connectivity index is 1.55. The van der Waals surface area contributed by atoms with Crippen LogP contribution in [0.25, 0.3) is 0 Å². The Hall–Kier alpha value is -0.650. The van der Waals surface area contributed by atoms with Crippen molar-refractivity contribution in [3.05, 3.63) is 0 Å². The Bertz CT molecular complexity index is 681. The molecule has 0 unspecified atom stereocenters. The zero-order chi connectivity index (χ0) is 23.3. The Morgan fingerprint density at radius 1 is 1.09 bits per heavy atom. The number of aliphatic hydroxyl groups excluding tert-OH is 2. The van der Waals surface area contributed by atoms with E-state index >= 15 is 0 Å². The van der Waals surface area contributed by atoms with E-state index in [9.17, 15) is 15.0 Å². The fourth-order valence-electron chi connectivity index (χ4n) is 9.15. The molecule has 0 aliphatic heterocycles. The SMILES string of the molecule is CCO[C@@H]1CC[C@@]2(C)[C@@H](C1)C[C@@H](O)[C@@H]1[C@@H]2C[C@H](O)[C@]2(C)[C@@H]([C@H](C)CCC(=O)OC)CC[C@@H]12. The lowest BCUT2D eigenvalue weighted by atomic mass is 9.43. The standard InChI is InChI=1S/C27H46O5/c1-6-32-18-11-12-26(3)17(13-18)14-22(28)25-20-9-8-19(16(2)7-10-24(30)31-5)27(20,4)23(29)15-21(25)26/h16-23,25,28-29H,6-15H2,1-5H3/t16-,17+,18-,19-,20+,21+,22-,23+,25+,26+,27-/m1/s1. The van der Waals surface area contributed by atoms with Crippen molar-refractivity contribution in [3.8, 4) is 0 Å². The zero-order valence-electron chi connectivity index (χ0n) is 20.9. The molecular formula is C27H46O5. The monoisotopic (exact) mass is 450 g/mol. The van der Waals surface area contributed by atoms with E-state index in [1.165, 1.54) is 7.11 Å². The Kier molecular flexibility index (Phi) is 7.03. The minimum Gasteiger partial charge on any atom is -0.469 e. The van der Waals surface area contributed by atoms with Gasteiger partial charge in [-0.2, -0.15) is 0 Å². The van der Waals surface area contributed by atoms with Crippen molar-refractivity contribution in [2.45, 2.75) is 104 Å². The average Bonchev–Trinajstić information content (AvgIpc) is 3.12. The van der Waals surface area contributed by atoms with Crippen LogP contribution in [0.4, 0.5) is 0 Å². The molecule has 4 aliphatic rings. The number of rotatable bonds is 6. The minimum absolute atomic E-state index is 0.148. The molecular weight excluding hydrogens is 404 g/mol. The van der Waals surface area contributed by atoms with Crippen LogP contribution >= 0.6 is 0 Å². The molecule has 5 nitrogen and oxygen atoms in total. The molecule has 0 aromatic rings. The van der Waals surface area contributed by atoms with Gasteiger partial charge in [-0.05, 0) is 105 Å². The maximum Gasteiger partial charge on any atom is 0.305 e. The number of hydrogen-bond acceptors (Lipinski definition) is 5. The highest BCUT2D eigenvalue weighted by Crippen LogP contribution is 2.68. The highest BCUT2D eigenvalue weighted by atomic mass is 16.5. The number of carbonyl (C=O) groups excluding carboxylic acids is 1. The van der Waals surface area contributed by atoms with Crippen molar-refractivity contribution < 1.29 is 24.5 Å². The van der Waals surface area contributed by atoms with E-state index in [2.05, 4.69) is 27.7 Å². The first kappa shape index (κ1) is 24.5. The van der Waals surface area contributed by atoms with E-state index in [4.69, 9.17) is 9.47 Å². The van der Waals surface area contributed by atoms with Gasteiger partial charge >= 0.3 is 5.97 Å². The number of methoxy groups -OCH3 is 1. The first-order chi connectivity index (χ1) is 15.2. The molecule has 5 heteroatoms. The molecule has 11 atom stereocenters. The van der Waals surface area contributed by atoms with Gasteiger partial charge in [0.05, 0.1) is 25.4 Å². The lowest BCUT2D eigenvalue weighted by Gasteiger charge is -2.63. The Morgan fingerprint density at radius 2 is 1.84 bits per heavy atom. The molecule has 0 amide bonds. The molecule has 184 valence electrons. The molecule has 0 spiro atoms. The van der Waals surface area contributed by atoms with Crippen LogP contribution < -0.4 is 0 Å². The van der Waals surface area contributed by atoms with Gasteiger partial charge in [0.1, 0.15) is 0 Å². The molecule has 0 aromatic heterocycles. The minimum atomic E-state index is -0.339. The molecule has 4 saturated carbocycles. The highest BCUT2D eigenvalue weighted by molar-refractivity contribution is 5.69. The largest absolute Gasteiger partial charge is 0.469 e. The second-order valence-electron chi connectivity index (χ2n) is 12.0. The maximum absolute atomic E-state index is 11.7. The average molecular weight is 451 g/mol. The molecule has 0 heterocycles. The summed E-state index contributed by atoms with van der Waals surface area (Å²) in [4.78, 5) is 11.7. The van der Waals surface area contributed by atoms with Crippen molar-refractivity contribution in [1.29, 1.82) is 0 Å². The third-order valence-electron chi connectivity index (χ3n) is 10.9. The fourth-order valence-corrected chi connectivity index (χ4v) is 9.15. The van der Waals surface area contributed by atoms with Gasteiger partial charge in [-0.25, -0.2) is 0 Å². The van der Waals surface area contributed by atoms with E-state index in [1.807, 2.05) is 0 Å². The molecule has 4 rings (SSSR count). The number of fused-ring (bicyclic) bond motifs is 5. The lowest BCUT2D eigenvalue weighted by Crippen LogP contribution is -2.62. The second kappa shape index (κ2) is 9.19. The van der Waals surface area contributed by atoms with Crippen molar-refractivity contribution in [1.82, 2.24) is 0 Å². The van der Waals surface area contributed by atoms with Gasteiger partial charge in [0, 0.05) is 13.0 Å². The van der Waals surface area contributed by atoms with Crippen LogP contribution in [0.15, 0.2) is 0 Å². The Morgan fingerprint density at radius 3 is 2.53 bits per heavy atom. The highest BCUT2D eigenvalue weighted by Gasteiger charge is 2.65. The summed E-state index contributed by atoms with van der Waals surface area (Å²) in [5, 5.41) is 23.1. The van der Waals surface area contributed by atoms with Gasteiger partial charge in [-0.15, -0.1) is 0 Å². The van der Waals surface area contributed by atoms with Crippen LogP contribution in [0, 0.1) is 46.3 Å². The number of esters is 1. The first-order valence-electron chi connectivity index (χ1n) is 13.2. The summed E-state index contributed by atoms with van der Waals surface area (Å²) < 4.78 is 10.8. The normalized spacial score (nSPS) is 49.0. The zero-order valence-corrected chi connectivity index (χ0v) is 20.9. The molecule has 4 fully saturated rings. The Labute approximate surface area is 194 Å². The molecule has 0 aromatic carbocycles. The molecule has 0 radical (unpaired) electrons. The molecule has 0 saturated heterocycles. The molecule has 0 bridgehead atoms. The summed E-state index contributed by atoms with van der Waals surface area (Å²) in [6, 6.07) is 0. The molecule has 4 aliphatic carbocycles. The van der Waals surface area contributed by atoms with Crippen LogP contribution in [0.1, 0.15) is 85.5 Å². The van der Waals surface area contributed by atoms with Gasteiger partial charge in [0.2, 0.25) is 0 Å². The van der Waals surface area contributed by atoms with E-state index in [0.717, 1.165) is 58.0 Å². The van der Waals surface area contributed by atoms with E-state index in [-0.39, 0.29) is 34.9 Å². The van der Waals surface area contributed by atoms with Crippen LogP contribution in [0.5, 0.6) is 0 Å². The predicted octanol–water partition coefficient (Wildman–Crippen LogP) is 4.58. The third kappa shape index (κ3) is 3.84. The topological polar surface area (TPSA) is 76.0 Å². The summed E-state index contributed by atoms with van der Waals surface area (Å²) in [6.07, 6.45) is 8.12. The predicted molar refractivity (Wildman–Crippen MR) is 124 cm³/mol. The van der Waals surface area contributed by atoms with Crippen LogP contribution in [-0.4, -0.2) is 48.2 Å². The second-order valence-corrected chi connectivity index (χ2v) is 12.0. The molecule has 2 N–H and O–H groups in total. The smallest absolute Gasteiger partial charge is 0.305 e. The van der Waals surface area contributed by atoms with Crippen LogP contribution in [0.2, 0.25) is 0 Å². The third-order valence-corrected chi connectivity index (χ3v) is 10.9. The summed E-state index contributed by atoms with van der Waals surface area (Å²) in [7, 11) is 1.45. The van der Waals surface area contributed by atoms with Crippen LogP contribution in [0.3, 0.4) is 0 Å². The maximum atomic E-state index is 11.7. The van der Waals surface area contributed by atoms with Gasteiger partial charge in [0.15, 0.2) is 0 Å². The summed E-state index contributed by atoms with van der Waals surface area (Å²) in [6.45, 7) is 9.81. The summed E-state index contributed by atoms with van der Waals surface area (Å²) in [5.41, 5.74) is 0.0117. The van der Waals surface area contributed by atoms with E-state index in [1.54, 1.807) is 0 Å². The van der Waals surface area contributed by atoms with E-state index < -0.39 is 0 Å². The first-order valence-corrected chi connectivity index (χ1v) is 13.2. The number of hydrogen-bond donors (Lipinski definition) is 2. The molecule has 32 heavy (non-hydrogen) atoms. The summed E-state index contributed by atoms with van der Waals surface area (Å²) in [5.74, 6) is 2.11. The van der Waals surface area contributed by atoms with Crippen molar-refractivity contribution in [2.24, 2.45) is 46.3 Å². The lowest BCUT2D eigenvalue weighted by molar-refractivity contribution is -0.209. The fraction of sp³-hybridized carbons (Fsp3) is 0.963. The van der Waals surface area contributed by atoms with Gasteiger partial charge < -0.3 is 19.7 Å². The number of aliphatic hydroxyl groups is 2. The van der Waals surface area contributed by atoms with Gasteiger partial charge in [0.25, 0.3) is 0 Å². The van der Waals surface area contributed by atoms with Crippen molar-refractivity contribution in [3.63, 3.8) is 0 Å². The summed E-state index contributed by atoms with van der Waals surface area (Å²) >= 11 is 0. The van der Waals surface area contributed by atoms with E-state index in [0.29, 0.717) is 42.1 Å². The van der Waals surface area contributed by atoms with Crippen LogP contribution in [-0.2, 0) is 14.3 Å². The number of carbonyl (C=O) groups is 1. The van der Waals surface area contributed by atoms with Crippen molar-refractivity contribution >= 4 is 5.97 Å². The van der Waals surface area contributed by atoms with Crippen molar-refractivity contribution in [2.75, 3.05) is 13.7 Å². The quantitative estimate of drug-likeness (QED) is 0.579. The van der Waals surface area contributed by atoms with Gasteiger partial charge in [-0.3, -0.25) is 4.79 Å².